The maximum absolute atomic E-state index is 14.0. The number of hydrogen-bond donors (Lipinski definition) is 1. The van der Waals surface area contributed by atoms with Gasteiger partial charge in [-0.15, -0.1) is 0 Å². The summed E-state index contributed by atoms with van der Waals surface area (Å²) in [6.07, 6.45) is 9.16. The van der Waals surface area contributed by atoms with E-state index in [-0.39, 0.29) is 12.0 Å². The third kappa shape index (κ3) is 5.66. The largest absolute Gasteiger partial charge is 0.439 e. The molecule has 0 spiro atoms. The minimum atomic E-state index is -0.602. The van der Waals surface area contributed by atoms with Crippen LogP contribution in [0.4, 0.5) is 4.39 Å². The highest BCUT2D eigenvalue weighted by molar-refractivity contribution is 6.32. The normalized spacial score (nSPS) is 16.4. The van der Waals surface area contributed by atoms with Crippen LogP contribution in [0, 0.1) is 5.82 Å². The predicted molar refractivity (Wildman–Crippen MR) is 159 cm³/mol. The Bertz CT molecular complexity index is 1810. The van der Waals surface area contributed by atoms with Crippen LogP contribution in [0.2, 0.25) is 5.02 Å². The van der Waals surface area contributed by atoms with Gasteiger partial charge in [-0.25, -0.2) is 13.9 Å². The first-order valence-electron chi connectivity index (χ1n) is 13.6. The number of fused-ring (bicyclic) bond motifs is 1. The lowest BCUT2D eigenvalue weighted by atomic mass is 9.87. The quantitative estimate of drug-likeness (QED) is 0.202. The molecule has 0 amide bonds. The lowest BCUT2D eigenvalue weighted by molar-refractivity contribution is -0.0366. The highest BCUT2D eigenvalue weighted by atomic mass is 35.5. The summed E-state index contributed by atoms with van der Waals surface area (Å²) in [7, 11) is 0. The maximum Gasteiger partial charge on any atom is 0.439 e. The molecule has 6 rings (SSSR count). The molecule has 1 aliphatic rings. The van der Waals surface area contributed by atoms with Crippen LogP contribution in [-0.4, -0.2) is 26.5 Å². The van der Waals surface area contributed by atoms with E-state index in [1.807, 2.05) is 41.2 Å². The van der Waals surface area contributed by atoms with Crippen LogP contribution >= 0.6 is 11.6 Å². The van der Waals surface area contributed by atoms with Crippen molar-refractivity contribution in [3.63, 3.8) is 0 Å². The second-order valence-corrected chi connectivity index (χ2v) is 10.4. The third-order valence-electron chi connectivity index (χ3n) is 7.31. The molecular formula is C32H28ClFN4O3. The molecule has 0 saturated carbocycles. The number of halogens is 2. The van der Waals surface area contributed by atoms with Crippen molar-refractivity contribution in [1.29, 1.82) is 0 Å². The molecule has 9 heteroatoms. The molecule has 41 heavy (non-hydrogen) atoms. The fourth-order valence-corrected chi connectivity index (χ4v) is 5.64. The van der Waals surface area contributed by atoms with Gasteiger partial charge in [0.15, 0.2) is 12.1 Å². The summed E-state index contributed by atoms with van der Waals surface area (Å²) in [6.45, 7) is 2.82. The predicted octanol–water partition coefficient (Wildman–Crippen LogP) is 7.74. The van der Waals surface area contributed by atoms with E-state index in [1.165, 1.54) is 12.1 Å². The second-order valence-electron chi connectivity index (χ2n) is 9.95. The average molecular weight is 571 g/mol. The van der Waals surface area contributed by atoms with Gasteiger partial charge in [0.1, 0.15) is 5.82 Å². The summed E-state index contributed by atoms with van der Waals surface area (Å²) < 4.78 is 26.5. The lowest BCUT2D eigenvalue weighted by Gasteiger charge is -2.23. The summed E-state index contributed by atoms with van der Waals surface area (Å²) in [5.41, 5.74) is 6.71. The first-order chi connectivity index (χ1) is 20.0. The van der Waals surface area contributed by atoms with Crippen molar-refractivity contribution in [2.45, 2.75) is 38.8 Å². The van der Waals surface area contributed by atoms with Gasteiger partial charge in [-0.2, -0.15) is 5.10 Å². The first-order valence-corrected chi connectivity index (χ1v) is 14.0. The average Bonchev–Trinajstić information content (AvgIpc) is 3.61. The number of hydrogen-bond acceptors (Lipinski definition) is 5. The summed E-state index contributed by atoms with van der Waals surface area (Å²) >= 11 is 6.58. The Morgan fingerprint density at radius 1 is 1.10 bits per heavy atom. The van der Waals surface area contributed by atoms with Gasteiger partial charge in [-0.05, 0) is 89.4 Å². The number of nitrogens with zero attached hydrogens (tertiary/aromatic N) is 3. The van der Waals surface area contributed by atoms with Crippen molar-refractivity contribution in [2.24, 2.45) is 0 Å². The zero-order chi connectivity index (χ0) is 28.3. The number of ether oxygens (including phenoxy) is 1. The number of aromatic nitrogens is 4. The van der Waals surface area contributed by atoms with E-state index in [1.54, 1.807) is 12.1 Å². The van der Waals surface area contributed by atoms with Crippen LogP contribution in [0.25, 0.3) is 34.2 Å². The van der Waals surface area contributed by atoms with E-state index in [0.717, 1.165) is 70.2 Å². The van der Waals surface area contributed by atoms with Crippen LogP contribution in [0.5, 0.6) is 0 Å². The highest BCUT2D eigenvalue weighted by Crippen LogP contribution is 2.39. The summed E-state index contributed by atoms with van der Waals surface area (Å²) in [6, 6.07) is 18.9. The zero-order valence-electron chi connectivity index (χ0n) is 22.4. The Kier molecular flexibility index (Phi) is 7.67. The first kappa shape index (κ1) is 26.9. The molecule has 1 atom stereocenters. The molecule has 1 aliphatic heterocycles. The van der Waals surface area contributed by atoms with Crippen molar-refractivity contribution >= 4 is 45.8 Å². The molecule has 3 aromatic carbocycles. The lowest BCUT2D eigenvalue weighted by Crippen LogP contribution is -2.18. The van der Waals surface area contributed by atoms with E-state index < -0.39 is 5.76 Å². The molecule has 0 bridgehead atoms. The van der Waals surface area contributed by atoms with Crippen LogP contribution in [0.3, 0.4) is 0 Å². The van der Waals surface area contributed by atoms with Crippen molar-refractivity contribution < 1.29 is 13.7 Å². The molecular weight excluding hydrogens is 543 g/mol. The summed E-state index contributed by atoms with van der Waals surface area (Å²) in [5.74, 6) is -0.638. The number of aromatic amines is 1. The van der Waals surface area contributed by atoms with Crippen LogP contribution < -0.4 is 5.76 Å². The van der Waals surface area contributed by atoms with Gasteiger partial charge in [0.25, 0.3) is 0 Å². The summed E-state index contributed by atoms with van der Waals surface area (Å²) in [5, 5.41) is 9.71. The number of allylic oxidation sites excluding steroid dienone is 1. The molecule has 1 N–H and O–H groups in total. The van der Waals surface area contributed by atoms with Gasteiger partial charge in [-0.1, -0.05) is 66.2 Å². The molecule has 2 aromatic heterocycles. The van der Waals surface area contributed by atoms with Crippen LogP contribution in [0.1, 0.15) is 66.9 Å². The van der Waals surface area contributed by atoms with E-state index in [2.05, 4.69) is 44.9 Å². The van der Waals surface area contributed by atoms with Crippen molar-refractivity contribution in [2.75, 3.05) is 6.61 Å². The number of rotatable bonds is 7. The Labute approximate surface area is 240 Å². The van der Waals surface area contributed by atoms with Gasteiger partial charge < -0.3 is 4.74 Å². The van der Waals surface area contributed by atoms with E-state index in [9.17, 15) is 9.18 Å². The van der Waals surface area contributed by atoms with E-state index >= 15 is 0 Å². The minimum Gasteiger partial charge on any atom is -0.356 e. The molecule has 3 heterocycles. The fraction of sp³-hybridized carbons (Fsp3) is 0.219. The molecule has 1 saturated heterocycles. The molecule has 5 aromatic rings. The van der Waals surface area contributed by atoms with Crippen LogP contribution in [-0.2, 0) is 4.74 Å². The molecule has 1 unspecified atom stereocenters. The van der Waals surface area contributed by atoms with E-state index in [4.69, 9.17) is 16.3 Å². The molecule has 0 aliphatic carbocycles. The number of benzene rings is 3. The van der Waals surface area contributed by atoms with Gasteiger partial charge in [0.2, 0.25) is 0 Å². The Morgan fingerprint density at radius 2 is 1.93 bits per heavy atom. The third-order valence-corrected chi connectivity index (χ3v) is 7.63. The maximum atomic E-state index is 14.0. The Morgan fingerprint density at radius 3 is 2.63 bits per heavy atom. The topological polar surface area (TPSA) is 85.9 Å². The minimum absolute atomic E-state index is 0.0537. The van der Waals surface area contributed by atoms with Gasteiger partial charge in [-0.3, -0.25) is 9.51 Å². The molecule has 7 nitrogen and oxygen atoms in total. The number of H-pyrrole nitrogens is 1. The second kappa shape index (κ2) is 11.7. The van der Waals surface area contributed by atoms with Crippen molar-refractivity contribution in [3.05, 3.63) is 116 Å². The van der Waals surface area contributed by atoms with Gasteiger partial charge in [0.05, 0.1) is 16.7 Å². The molecule has 208 valence electrons. The number of nitrogens with one attached hydrogen (secondary N) is 1. The standard InChI is InChI=1S/C32H28ClFN4O3/c1-2-25(26-13-12-24(34)18-27(26)33)31(21-9-6-20(7-10-21)8-15-29-36-32(39)41-37-29)22-11-14-28-23(17-22)19-35-38(28)30-5-3-4-16-40-30/h6-15,17-19,30H,2-5,16H2,1H3,(H,36,37,39). The van der Waals surface area contributed by atoms with Crippen molar-refractivity contribution in [3.8, 4) is 0 Å². The van der Waals surface area contributed by atoms with Gasteiger partial charge in [0, 0.05) is 12.0 Å². The fourth-order valence-electron chi connectivity index (χ4n) is 5.35. The Balaban J connectivity index is 1.45. The van der Waals surface area contributed by atoms with Crippen LogP contribution in [0.15, 0.2) is 76.2 Å². The SMILES string of the molecule is CCC(=C(c1ccc(C=Cc2noc(=O)[nH]2)cc1)c1ccc2c(cnn2C2CCCCO2)c1)c1ccc(F)cc1Cl. The molecule has 1 fully saturated rings. The molecule has 0 radical (unpaired) electrons. The van der Waals surface area contributed by atoms with E-state index in [0.29, 0.717) is 17.3 Å². The van der Waals surface area contributed by atoms with Crippen molar-refractivity contribution in [1.82, 2.24) is 19.9 Å². The smallest absolute Gasteiger partial charge is 0.356 e. The Hall–Kier alpha value is -4.27. The highest BCUT2D eigenvalue weighted by Gasteiger charge is 2.20. The monoisotopic (exact) mass is 570 g/mol. The zero-order valence-corrected chi connectivity index (χ0v) is 23.2. The summed E-state index contributed by atoms with van der Waals surface area (Å²) in [4.78, 5) is 13.7. The van der Waals surface area contributed by atoms with Gasteiger partial charge >= 0.3 is 5.76 Å².